The highest BCUT2D eigenvalue weighted by Gasteiger charge is 2.36. The maximum absolute atomic E-state index is 14.0. The smallest absolute Gasteiger partial charge is 0.419 e. The van der Waals surface area contributed by atoms with Gasteiger partial charge in [-0.05, 0) is 36.4 Å². The summed E-state index contributed by atoms with van der Waals surface area (Å²) in [5, 5.41) is 0. The molecule has 5 nitrogen and oxygen atoms in total. The van der Waals surface area contributed by atoms with E-state index >= 15 is 0 Å². The molecule has 0 aliphatic rings. The molecule has 0 amide bonds. The van der Waals surface area contributed by atoms with Gasteiger partial charge in [-0.3, -0.25) is 0 Å². The lowest BCUT2D eigenvalue weighted by atomic mass is 10.1. The molecule has 0 fully saturated rings. The summed E-state index contributed by atoms with van der Waals surface area (Å²) in [7, 11) is -4.06. The van der Waals surface area contributed by atoms with Crippen molar-refractivity contribution in [3.63, 3.8) is 0 Å². The minimum atomic E-state index is -5.19. The van der Waals surface area contributed by atoms with E-state index < -0.39 is 61.7 Å². The third-order valence-corrected chi connectivity index (χ3v) is 4.95. The number of esters is 1. The highest BCUT2D eigenvalue weighted by atomic mass is 32.2. The predicted molar refractivity (Wildman–Crippen MR) is 82.8 cm³/mol. The molecule has 0 heterocycles. The standard InChI is InChI=1S/C16H11F6NO4S/c1-27-15(24)14(10-6-8(17)2-4-12(10)18)23-28(25,26)9-3-5-13(19)11(7-9)16(20,21)22/h2-7,14,23H,1H3. The molecule has 28 heavy (non-hydrogen) atoms. The van der Waals surface area contributed by atoms with Crippen molar-refractivity contribution in [2.75, 3.05) is 7.11 Å². The third-order valence-electron chi connectivity index (χ3n) is 3.53. The van der Waals surface area contributed by atoms with E-state index in [-0.39, 0.29) is 12.1 Å². The predicted octanol–water partition coefficient (Wildman–Crippen LogP) is 3.32. The van der Waals surface area contributed by atoms with Crippen molar-refractivity contribution in [2.45, 2.75) is 17.1 Å². The molecule has 0 saturated carbocycles. The molecule has 0 aliphatic carbocycles. The lowest BCUT2D eigenvalue weighted by Gasteiger charge is -2.18. The first-order valence-corrected chi connectivity index (χ1v) is 8.77. The molecule has 12 heteroatoms. The fourth-order valence-electron chi connectivity index (χ4n) is 2.20. The first-order chi connectivity index (χ1) is 12.9. The first-order valence-electron chi connectivity index (χ1n) is 7.28. The van der Waals surface area contributed by atoms with E-state index in [0.29, 0.717) is 24.3 Å². The number of halogens is 6. The fraction of sp³-hybridized carbons (Fsp3) is 0.188. The van der Waals surface area contributed by atoms with Crippen LogP contribution < -0.4 is 4.72 Å². The van der Waals surface area contributed by atoms with Crippen LogP contribution >= 0.6 is 0 Å². The van der Waals surface area contributed by atoms with Crippen molar-refractivity contribution in [2.24, 2.45) is 0 Å². The van der Waals surface area contributed by atoms with E-state index in [1.807, 2.05) is 0 Å². The van der Waals surface area contributed by atoms with Gasteiger partial charge in [-0.2, -0.15) is 17.9 Å². The summed E-state index contributed by atoms with van der Waals surface area (Å²) in [5.41, 5.74) is -2.62. The number of sulfonamides is 1. The van der Waals surface area contributed by atoms with E-state index in [1.165, 1.54) is 0 Å². The van der Waals surface area contributed by atoms with Gasteiger partial charge >= 0.3 is 12.1 Å². The number of methoxy groups -OCH3 is 1. The van der Waals surface area contributed by atoms with Crippen molar-refractivity contribution < 1.29 is 44.3 Å². The van der Waals surface area contributed by atoms with E-state index in [4.69, 9.17) is 0 Å². The number of carbonyl (C=O) groups excluding carboxylic acids is 1. The Hall–Kier alpha value is -2.60. The number of alkyl halides is 3. The number of carbonyl (C=O) groups is 1. The number of rotatable bonds is 5. The van der Waals surface area contributed by atoms with Crippen LogP contribution in [-0.4, -0.2) is 21.5 Å². The third kappa shape index (κ3) is 4.62. The lowest BCUT2D eigenvalue weighted by Crippen LogP contribution is -2.35. The van der Waals surface area contributed by atoms with Crippen molar-refractivity contribution in [1.29, 1.82) is 0 Å². The maximum Gasteiger partial charge on any atom is 0.419 e. The van der Waals surface area contributed by atoms with Gasteiger partial charge < -0.3 is 4.74 Å². The Labute approximate surface area is 155 Å². The van der Waals surface area contributed by atoms with Gasteiger partial charge in [0.05, 0.1) is 17.6 Å². The van der Waals surface area contributed by atoms with E-state index in [9.17, 15) is 39.6 Å². The largest absolute Gasteiger partial charge is 0.468 e. The summed E-state index contributed by atoms with van der Waals surface area (Å²) in [4.78, 5) is 10.8. The van der Waals surface area contributed by atoms with Crippen molar-refractivity contribution in [1.82, 2.24) is 4.72 Å². The maximum atomic E-state index is 14.0. The van der Waals surface area contributed by atoms with Crippen LogP contribution in [0.15, 0.2) is 41.3 Å². The number of benzene rings is 2. The fourth-order valence-corrected chi connectivity index (χ4v) is 3.39. The Balaban J connectivity index is 2.52. The summed E-state index contributed by atoms with van der Waals surface area (Å²) in [6.45, 7) is 0. The molecule has 1 N–H and O–H groups in total. The summed E-state index contributed by atoms with van der Waals surface area (Å²) < 4.78 is 110. The average molecular weight is 427 g/mol. The van der Waals surface area contributed by atoms with Crippen LogP contribution in [0.3, 0.4) is 0 Å². The Kier molecular flexibility index (Phi) is 6.04. The Morgan fingerprint density at radius 3 is 2.21 bits per heavy atom. The molecular weight excluding hydrogens is 416 g/mol. The summed E-state index contributed by atoms with van der Waals surface area (Å²) in [6.07, 6.45) is -5.19. The topological polar surface area (TPSA) is 72.5 Å². The van der Waals surface area contributed by atoms with Gasteiger partial charge in [-0.15, -0.1) is 0 Å². The highest BCUT2D eigenvalue weighted by Crippen LogP contribution is 2.33. The molecule has 1 unspecified atom stereocenters. The number of hydrogen-bond acceptors (Lipinski definition) is 4. The zero-order valence-corrected chi connectivity index (χ0v) is 14.7. The van der Waals surface area contributed by atoms with Gasteiger partial charge in [-0.25, -0.2) is 26.4 Å². The van der Waals surface area contributed by atoms with Crippen molar-refractivity contribution in [3.05, 3.63) is 65.0 Å². The van der Waals surface area contributed by atoms with Gasteiger partial charge in [0.25, 0.3) is 0 Å². The van der Waals surface area contributed by atoms with Crippen LogP contribution in [0.2, 0.25) is 0 Å². The lowest BCUT2D eigenvalue weighted by molar-refractivity contribution is -0.143. The summed E-state index contributed by atoms with van der Waals surface area (Å²) in [6, 6.07) is 0.534. The second-order valence-electron chi connectivity index (χ2n) is 5.38. The normalized spacial score (nSPS) is 13.2. The van der Waals surface area contributed by atoms with Gasteiger partial charge in [0, 0.05) is 5.56 Å². The molecule has 0 spiro atoms. The van der Waals surface area contributed by atoms with Gasteiger partial charge in [0.2, 0.25) is 10.0 Å². The minimum absolute atomic E-state index is 0.00788. The number of nitrogens with one attached hydrogen (secondary N) is 1. The quantitative estimate of drug-likeness (QED) is 0.587. The van der Waals surface area contributed by atoms with Gasteiger partial charge in [0.1, 0.15) is 23.5 Å². The Morgan fingerprint density at radius 2 is 1.64 bits per heavy atom. The molecule has 2 aromatic carbocycles. The SMILES string of the molecule is COC(=O)C(NS(=O)(=O)c1ccc(F)c(C(F)(F)F)c1)c1cc(F)ccc1F. The van der Waals surface area contributed by atoms with Gasteiger partial charge in [0.15, 0.2) is 0 Å². The summed E-state index contributed by atoms with van der Waals surface area (Å²) >= 11 is 0. The van der Waals surface area contributed by atoms with Crippen molar-refractivity contribution in [3.8, 4) is 0 Å². The second-order valence-corrected chi connectivity index (χ2v) is 7.10. The van der Waals surface area contributed by atoms with E-state index in [0.717, 1.165) is 7.11 Å². The molecular formula is C16H11F6NO4S. The molecule has 0 aliphatic heterocycles. The van der Waals surface area contributed by atoms with Crippen LogP contribution in [0.5, 0.6) is 0 Å². The zero-order chi connectivity index (χ0) is 21.3. The van der Waals surface area contributed by atoms with E-state index in [2.05, 4.69) is 4.74 Å². The Bertz CT molecular complexity index is 1010. The van der Waals surface area contributed by atoms with Gasteiger partial charge in [-0.1, -0.05) is 0 Å². The summed E-state index contributed by atoms with van der Waals surface area (Å²) in [5.74, 6) is -5.25. The molecule has 0 bridgehead atoms. The molecule has 152 valence electrons. The molecule has 0 aromatic heterocycles. The molecule has 1 atom stereocenters. The van der Waals surface area contributed by atoms with Crippen molar-refractivity contribution >= 4 is 16.0 Å². The number of hydrogen-bond donors (Lipinski definition) is 1. The van der Waals surface area contributed by atoms with Crippen LogP contribution in [0, 0.1) is 17.5 Å². The number of ether oxygens (including phenoxy) is 1. The average Bonchev–Trinajstić information content (AvgIpc) is 2.60. The molecule has 2 aromatic rings. The van der Waals surface area contributed by atoms with Crippen LogP contribution in [0.4, 0.5) is 26.3 Å². The molecule has 0 radical (unpaired) electrons. The zero-order valence-electron chi connectivity index (χ0n) is 13.9. The first kappa shape index (κ1) is 21.7. The molecule has 0 saturated heterocycles. The van der Waals surface area contributed by atoms with Crippen LogP contribution in [0.1, 0.15) is 17.2 Å². The second kappa shape index (κ2) is 7.80. The highest BCUT2D eigenvalue weighted by molar-refractivity contribution is 7.89. The van der Waals surface area contributed by atoms with Crippen LogP contribution in [-0.2, 0) is 25.7 Å². The Morgan fingerprint density at radius 1 is 1.04 bits per heavy atom. The van der Waals surface area contributed by atoms with E-state index in [1.54, 1.807) is 4.72 Å². The monoisotopic (exact) mass is 427 g/mol. The molecule has 2 rings (SSSR count). The van der Waals surface area contributed by atoms with Crippen LogP contribution in [0.25, 0.3) is 0 Å². The minimum Gasteiger partial charge on any atom is -0.468 e.